The molecule has 1 aliphatic rings. The van der Waals surface area contributed by atoms with Gasteiger partial charge in [0.25, 0.3) is 0 Å². The van der Waals surface area contributed by atoms with Crippen molar-refractivity contribution in [3.8, 4) is 5.69 Å². The van der Waals surface area contributed by atoms with Crippen molar-refractivity contribution < 1.29 is 9.59 Å². The maximum Gasteiger partial charge on any atom is 0.168 e. The van der Waals surface area contributed by atoms with E-state index in [1.54, 1.807) is 0 Å². The van der Waals surface area contributed by atoms with E-state index in [1.165, 1.54) is 0 Å². The molecule has 0 spiro atoms. The maximum absolute atomic E-state index is 12.6. The van der Waals surface area contributed by atoms with Gasteiger partial charge in [-0.1, -0.05) is 34.6 Å². The lowest BCUT2D eigenvalue weighted by atomic mass is 9.76. The molecule has 1 aromatic carbocycles. The van der Waals surface area contributed by atoms with Crippen LogP contribution in [0.25, 0.3) is 5.69 Å². The van der Waals surface area contributed by atoms with Gasteiger partial charge in [-0.3, -0.25) is 9.59 Å². The molecule has 0 atom stereocenters. The Bertz CT molecular complexity index is 822. The van der Waals surface area contributed by atoms with Crippen molar-refractivity contribution in [2.75, 3.05) is 0 Å². The summed E-state index contributed by atoms with van der Waals surface area (Å²) in [6.45, 7) is 10.3. The lowest BCUT2D eigenvalue weighted by Gasteiger charge is -2.29. The molecule has 3 heteroatoms. The van der Waals surface area contributed by atoms with Crippen LogP contribution in [0, 0.1) is 10.8 Å². The predicted molar refractivity (Wildman–Crippen MR) is 101 cm³/mol. The van der Waals surface area contributed by atoms with Crippen molar-refractivity contribution in [1.29, 1.82) is 0 Å². The molecule has 1 aromatic heterocycles. The van der Waals surface area contributed by atoms with Crippen LogP contribution < -0.4 is 0 Å². The first-order valence-corrected chi connectivity index (χ1v) is 9.03. The van der Waals surface area contributed by atoms with E-state index in [0.717, 1.165) is 35.3 Å². The van der Waals surface area contributed by atoms with Gasteiger partial charge in [-0.05, 0) is 48.6 Å². The van der Waals surface area contributed by atoms with Gasteiger partial charge in [-0.2, -0.15) is 0 Å². The third-order valence-corrected chi connectivity index (χ3v) is 5.48. The molecule has 132 valence electrons. The average Bonchev–Trinajstić information content (AvgIpc) is 2.97. The molecule has 0 radical (unpaired) electrons. The molecular formula is C22H27NO2. The molecule has 0 aliphatic heterocycles. The van der Waals surface area contributed by atoms with E-state index in [9.17, 15) is 9.59 Å². The standard InChI is InChI=1S/C22H27NO2/c1-6-22(4,5)20(25)15-7-9-16(10-8-15)23-12-11-17-18(23)13-21(2,3)14-19(17)24/h7-12H,6,13-14H2,1-5H3. The SMILES string of the molecule is CCC(C)(C)C(=O)c1ccc(-n2ccc3c2CC(C)(C)CC3=O)cc1. The van der Waals surface area contributed by atoms with Gasteiger partial charge in [-0.15, -0.1) is 0 Å². The van der Waals surface area contributed by atoms with Crippen LogP contribution in [0.3, 0.4) is 0 Å². The third-order valence-electron chi connectivity index (χ3n) is 5.48. The summed E-state index contributed by atoms with van der Waals surface area (Å²) in [5.41, 5.74) is 3.30. The number of hydrogen-bond donors (Lipinski definition) is 0. The molecule has 0 N–H and O–H groups in total. The zero-order chi connectivity index (χ0) is 18.4. The molecule has 1 heterocycles. The summed E-state index contributed by atoms with van der Waals surface area (Å²) in [6.07, 6.45) is 4.26. The number of rotatable bonds is 4. The van der Waals surface area contributed by atoms with E-state index < -0.39 is 0 Å². The molecule has 0 amide bonds. The summed E-state index contributed by atoms with van der Waals surface area (Å²) in [5, 5.41) is 0. The quantitative estimate of drug-likeness (QED) is 0.715. The summed E-state index contributed by atoms with van der Waals surface area (Å²) in [7, 11) is 0. The molecule has 3 nitrogen and oxygen atoms in total. The van der Waals surface area contributed by atoms with Crippen LogP contribution in [0.15, 0.2) is 36.5 Å². The molecule has 3 rings (SSSR count). The summed E-state index contributed by atoms with van der Waals surface area (Å²) in [6, 6.07) is 9.68. The fourth-order valence-corrected chi connectivity index (χ4v) is 3.51. The first kappa shape index (κ1) is 17.7. The normalized spacial score (nSPS) is 16.6. The Morgan fingerprint density at radius 2 is 1.76 bits per heavy atom. The van der Waals surface area contributed by atoms with Crippen LogP contribution in [-0.2, 0) is 6.42 Å². The van der Waals surface area contributed by atoms with E-state index >= 15 is 0 Å². The number of hydrogen-bond acceptors (Lipinski definition) is 2. The van der Waals surface area contributed by atoms with Crippen molar-refractivity contribution in [3.63, 3.8) is 0 Å². The Hall–Kier alpha value is -2.16. The van der Waals surface area contributed by atoms with Gasteiger partial charge in [0.15, 0.2) is 11.6 Å². The lowest BCUT2D eigenvalue weighted by Crippen LogP contribution is -2.27. The largest absolute Gasteiger partial charge is 0.320 e. The fourth-order valence-electron chi connectivity index (χ4n) is 3.51. The monoisotopic (exact) mass is 337 g/mol. The number of ketones is 2. The Labute approximate surface area is 150 Å². The van der Waals surface area contributed by atoms with Crippen molar-refractivity contribution in [2.24, 2.45) is 10.8 Å². The van der Waals surface area contributed by atoms with Gasteiger partial charge in [0, 0.05) is 40.5 Å². The average molecular weight is 337 g/mol. The van der Waals surface area contributed by atoms with Crippen LogP contribution >= 0.6 is 0 Å². The zero-order valence-electron chi connectivity index (χ0n) is 15.8. The van der Waals surface area contributed by atoms with Crippen LogP contribution in [-0.4, -0.2) is 16.1 Å². The number of carbonyl (C=O) groups excluding carboxylic acids is 2. The van der Waals surface area contributed by atoms with Crippen LogP contribution in [0.2, 0.25) is 0 Å². The summed E-state index contributed by atoms with van der Waals surface area (Å²) < 4.78 is 2.09. The molecule has 0 bridgehead atoms. The van der Waals surface area contributed by atoms with Crippen molar-refractivity contribution >= 4 is 11.6 Å². The van der Waals surface area contributed by atoms with Crippen LogP contribution in [0.5, 0.6) is 0 Å². The number of benzene rings is 1. The van der Waals surface area contributed by atoms with Crippen molar-refractivity contribution in [1.82, 2.24) is 4.57 Å². The molecule has 1 aliphatic carbocycles. The number of aromatic nitrogens is 1. The molecular weight excluding hydrogens is 310 g/mol. The maximum atomic E-state index is 12.6. The highest BCUT2D eigenvalue weighted by Crippen LogP contribution is 2.36. The van der Waals surface area contributed by atoms with Gasteiger partial charge >= 0.3 is 0 Å². The number of Topliss-reactive ketones (excluding diaryl/α,β-unsaturated/α-hetero) is 2. The molecule has 0 fully saturated rings. The van der Waals surface area contributed by atoms with Crippen LogP contribution in [0.4, 0.5) is 0 Å². The highest BCUT2D eigenvalue weighted by molar-refractivity contribution is 6.00. The summed E-state index contributed by atoms with van der Waals surface area (Å²) >= 11 is 0. The Kier molecular flexibility index (Phi) is 4.22. The van der Waals surface area contributed by atoms with E-state index in [1.807, 2.05) is 57.3 Å². The smallest absolute Gasteiger partial charge is 0.168 e. The third kappa shape index (κ3) is 3.20. The van der Waals surface area contributed by atoms with Gasteiger partial charge in [0.1, 0.15) is 0 Å². The second-order valence-electron chi connectivity index (χ2n) is 8.60. The first-order chi connectivity index (χ1) is 11.6. The number of carbonyl (C=O) groups is 2. The second kappa shape index (κ2) is 5.98. The summed E-state index contributed by atoms with van der Waals surface area (Å²) in [5.74, 6) is 0.397. The lowest BCUT2D eigenvalue weighted by molar-refractivity contribution is 0.0832. The first-order valence-electron chi connectivity index (χ1n) is 9.03. The Balaban J connectivity index is 1.95. The minimum absolute atomic E-state index is 0.0127. The van der Waals surface area contributed by atoms with E-state index in [2.05, 4.69) is 18.4 Å². The van der Waals surface area contributed by atoms with Gasteiger partial charge < -0.3 is 4.57 Å². The molecule has 0 saturated heterocycles. The Morgan fingerprint density at radius 3 is 2.36 bits per heavy atom. The van der Waals surface area contributed by atoms with Crippen molar-refractivity contribution in [2.45, 2.75) is 53.9 Å². The van der Waals surface area contributed by atoms with E-state index in [-0.39, 0.29) is 22.4 Å². The van der Waals surface area contributed by atoms with E-state index in [0.29, 0.717) is 6.42 Å². The van der Waals surface area contributed by atoms with Gasteiger partial charge in [-0.25, -0.2) is 0 Å². The number of fused-ring (bicyclic) bond motifs is 1. The van der Waals surface area contributed by atoms with Gasteiger partial charge in [0.2, 0.25) is 0 Å². The summed E-state index contributed by atoms with van der Waals surface area (Å²) in [4.78, 5) is 25.0. The predicted octanol–water partition coefficient (Wildman–Crippen LogP) is 5.25. The van der Waals surface area contributed by atoms with Crippen LogP contribution in [0.1, 0.15) is 73.9 Å². The second-order valence-corrected chi connectivity index (χ2v) is 8.60. The van der Waals surface area contributed by atoms with Crippen molar-refractivity contribution in [3.05, 3.63) is 53.3 Å². The highest BCUT2D eigenvalue weighted by Gasteiger charge is 2.33. The Morgan fingerprint density at radius 1 is 1.12 bits per heavy atom. The number of nitrogens with zero attached hydrogens (tertiary/aromatic N) is 1. The van der Waals surface area contributed by atoms with Gasteiger partial charge in [0.05, 0.1) is 0 Å². The molecule has 2 aromatic rings. The fraction of sp³-hybridized carbons (Fsp3) is 0.455. The molecule has 0 saturated carbocycles. The highest BCUT2D eigenvalue weighted by atomic mass is 16.1. The molecule has 0 unspecified atom stereocenters. The topological polar surface area (TPSA) is 39.1 Å². The molecule has 25 heavy (non-hydrogen) atoms. The van der Waals surface area contributed by atoms with E-state index in [4.69, 9.17) is 0 Å². The zero-order valence-corrected chi connectivity index (χ0v) is 15.8. The minimum Gasteiger partial charge on any atom is -0.320 e. The minimum atomic E-state index is -0.343.